The number of aliphatic hydroxyl groups excluding tert-OH is 2. The molecule has 2 aliphatic carbocycles. The summed E-state index contributed by atoms with van der Waals surface area (Å²) in [5.41, 5.74) is -0.882. The van der Waals surface area contributed by atoms with Crippen LogP contribution in [0.15, 0.2) is 35.6 Å². The molecular weight excluding hydrogens is 330 g/mol. The van der Waals surface area contributed by atoms with Gasteiger partial charge >= 0.3 is 0 Å². The lowest BCUT2D eigenvalue weighted by Gasteiger charge is -2.50. The van der Waals surface area contributed by atoms with Crippen molar-refractivity contribution >= 4 is 11.7 Å². The first-order chi connectivity index (χ1) is 12.3. The molecule has 3 N–H and O–H groups in total. The molecule has 26 heavy (non-hydrogen) atoms. The molecule has 2 fully saturated rings. The number of hydrogen-bond acceptors (Lipinski definition) is 4. The highest BCUT2D eigenvalue weighted by Crippen LogP contribution is 2.55. The number of amides is 1. The lowest BCUT2D eigenvalue weighted by atomic mass is 9.54. The number of allylic oxidation sites excluding steroid dienone is 5. The summed E-state index contributed by atoms with van der Waals surface area (Å²) in [7, 11) is 0. The summed E-state index contributed by atoms with van der Waals surface area (Å²) in [5, 5.41) is 23.0. The van der Waals surface area contributed by atoms with Gasteiger partial charge in [-0.05, 0) is 37.5 Å². The number of rotatable bonds is 3. The third kappa shape index (κ3) is 2.82. The summed E-state index contributed by atoms with van der Waals surface area (Å²) < 4.78 is 0. The average Bonchev–Trinajstić information content (AvgIpc) is 2.90. The van der Waals surface area contributed by atoms with Crippen LogP contribution in [0.5, 0.6) is 0 Å². The largest absolute Gasteiger partial charge is 0.511 e. The van der Waals surface area contributed by atoms with Crippen LogP contribution in [-0.2, 0) is 9.59 Å². The van der Waals surface area contributed by atoms with E-state index in [1.807, 2.05) is 26.0 Å². The second-order valence-electron chi connectivity index (χ2n) is 8.20. The minimum absolute atomic E-state index is 0.0802. The maximum Gasteiger partial charge on any atom is 0.259 e. The van der Waals surface area contributed by atoms with Crippen molar-refractivity contribution in [1.29, 1.82) is 0 Å². The number of carbonyl (C=O) groups is 2. The van der Waals surface area contributed by atoms with Crippen molar-refractivity contribution in [2.75, 3.05) is 6.61 Å². The number of fused-ring (bicyclic) bond motifs is 1. The predicted molar refractivity (Wildman–Crippen MR) is 99.2 cm³/mol. The van der Waals surface area contributed by atoms with Crippen molar-refractivity contribution in [1.82, 2.24) is 5.32 Å². The predicted octanol–water partition coefficient (Wildman–Crippen LogP) is 2.68. The molecule has 1 amide bonds. The molecule has 0 unspecified atom stereocenters. The van der Waals surface area contributed by atoms with E-state index in [1.165, 1.54) is 0 Å². The SMILES string of the molecule is C/C=C/[C@@H]1C=C[C@@H]2C[C@H](C)CC[C@H]2[C@]1(C)C(O)=C1C(=O)N[C@@H](CO)C1=O. The molecule has 1 saturated carbocycles. The Hall–Kier alpha value is -1.88. The van der Waals surface area contributed by atoms with E-state index < -0.39 is 29.8 Å². The summed E-state index contributed by atoms with van der Waals surface area (Å²) in [4.78, 5) is 24.9. The molecule has 1 heterocycles. The molecule has 0 aromatic carbocycles. The molecule has 142 valence electrons. The second-order valence-corrected chi connectivity index (χ2v) is 8.20. The van der Waals surface area contributed by atoms with Gasteiger partial charge in [-0.1, -0.05) is 44.6 Å². The lowest BCUT2D eigenvalue weighted by Crippen LogP contribution is -2.45. The van der Waals surface area contributed by atoms with Crippen molar-refractivity contribution in [3.8, 4) is 0 Å². The summed E-state index contributed by atoms with van der Waals surface area (Å²) in [6.45, 7) is 5.70. The Bertz CT molecular complexity index is 692. The number of hydrogen-bond donors (Lipinski definition) is 3. The van der Waals surface area contributed by atoms with Gasteiger partial charge < -0.3 is 15.5 Å². The molecule has 0 aromatic rings. The lowest BCUT2D eigenvalue weighted by molar-refractivity contribution is -0.118. The van der Waals surface area contributed by atoms with E-state index in [4.69, 9.17) is 0 Å². The van der Waals surface area contributed by atoms with Gasteiger partial charge in [0.1, 0.15) is 17.4 Å². The number of ketones is 1. The van der Waals surface area contributed by atoms with Crippen molar-refractivity contribution in [2.24, 2.45) is 29.1 Å². The third-order valence-electron chi connectivity index (χ3n) is 6.61. The summed E-state index contributed by atoms with van der Waals surface area (Å²) in [5.74, 6) is -0.148. The fraction of sp³-hybridized carbons (Fsp3) is 0.619. The standard InChI is InChI=1S/C21H29NO4/c1-4-5-14-8-7-13-10-12(2)6-9-15(13)21(14,3)19(25)17-18(24)16(11-23)22-20(17)26/h4-5,7-8,12-16,23,25H,6,9-11H2,1-3H3,(H,22,26)/b5-4+,19-17?/t12-,13-,14-,15-,16+,21-/m1/s1. The zero-order chi connectivity index (χ0) is 19.1. The van der Waals surface area contributed by atoms with Crippen LogP contribution in [0.25, 0.3) is 0 Å². The summed E-state index contributed by atoms with van der Waals surface area (Å²) >= 11 is 0. The molecule has 3 aliphatic rings. The Morgan fingerprint density at radius 3 is 2.69 bits per heavy atom. The van der Waals surface area contributed by atoms with E-state index in [0.717, 1.165) is 19.3 Å². The van der Waals surface area contributed by atoms with Crippen LogP contribution < -0.4 is 5.32 Å². The minimum atomic E-state index is -0.954. The van der Waals surface area contributed by atoms with Gasteiger partial charge in [0.25, 0.3) is 5.91 Å². The molecule has 0 radical (unpaired) electrons. The third-order valence-corrected chi connectivity index (χ3v) is 6.61. The first-order valence-corrected chi connectivity index (χ1v) is 9.55. The van der Waals surface area contributed by atoms with Gasteiger partial charge in [0.2, 0.25) is 0 Å². The van der Waals surface area contributed by atoms with Gasteiger partial charge in [-0.25, -0.2) is 0 Å². The van der Waals surface area contributed by atoms with Crippen LogP contribution in [0.2, 0.25) is 0 Å². The van der Waals surface area contributed by atoms with Gasteiger partial charge in [-0.2, -0.15) is 0 Å². The average molecular weight is 359 g/mol. The van der Waals surface area contributed by atoms with Crippen LogP contribution >= 0.6 is 0 Å². The minimum Gasteiger partial charge on any atom is -0.511 e. The van der Waals surface area contributed by atoms with Crippen molar-refractivity contribution in [2.45, 2.75) is 46.1 Å². The Morgan fingerprint density at radius 2 is 2.08 bits per heavy atom. The molecule has 5 heteroatoms. The quantitative estimate of drug-likeness (QED) is 0.313. The Morgan fingerprint density at radius 1 is 1.35 bits per heavy atom. The number of Topliss-reactive ketones (excluding diaryl/α,β-unsaturated/α-hetero) is 1. The van der Waals surface area contributed by atoms with Gasteiger partial charge in [-0.3, -0.25) is 9.59 Å². The molecule has 0 aromatic heterocycles. The normalized spacial score (nSPS) is 42.1. The van der Waals surface area contributed by atoms with E-state index in [0.29, 0.717) is 11.8 Å². The number of aliphatic hydroxyl groups is 2. The Kier molecular flexibility index (Phi) is 5.11. The van der Waals surface area contributed by atoms with Crippen LogP contribution in [-0.4, -0.2) is 34.6 Å². The first kappa shape index (κ1) is 18.9. The highest BCUT2D eigenvalue weighted by atomic mass is 16.3. The second kappa shape index (κ2) is 7.03. The van der Waals surface area contributed by atoms with Gasteiger partial charge in [-0.15, -0.1) is 0 Å². The Balaban J connectivity index is 2.11. The summed E-state index contributed by atoms with van der Waals surface area (Å²) in [6, 6.07) is -0.954. The van der Waals surface area contributed by atoms with E-state index >= 15 is 0 Å². The van der Waals surface area contributed by atoms with Crippen LogP contribution in [0.3, 0.4) is 0 Å². The monoisotopic (exact) mass is 359 g/mol. The molecule has 3 rings (SSSR count). The molecule has 1 aliphatic heterocycles. The molecule has 5 nitrogen and oxygen atoms in total. The van der Waals surface area contributed by atoms with Gasteiger partial charge in [0.15, 0.2) is 5.78 Å². The molecule has 1 saturated heterocycles. The van der Waals surface area contributed by atoms with E-state index in [-0.39, 0.29) is 23.2 Å². The first-order valence-electron chi connectivity index (χ1n) is 9.55. The van der Waals surface area contributed by atoms with Gasteiger partial charge in [0.05, 0.1) is 6.61 Å². The van der Waals surface area contributed by atoms with Gasteiger partial charge in [0, 0.05) is 11.3 Å². The maximum atomic E-state index is 12.6. The molecule has 0 spiro atoms. The summed E-state index contributed by atoms with van der Waals surface area (Å²) in [6.07, 6.45) is 11.4. The van der Waals surface area contributed by atoms with Crippen LogP contribution in [0.1, 0.15) is 40.0 Å². The topological polar surface area (TPSA) is 86.6 Å². The maximum absolute atomic E-state index is 12.6. The number of nitrogens with one attached hydrogen (secondary N) is 1. The van der Waals surface area contributed by atoms with E-state index in [2.05, 4.69) is 24.4 Å². The number of carbonyl (C=O) groups excluding carboxylic acids is 2. The van der Waals surface area contributed by atoms with Crippen molar-refractivity contribution < 1.29 is 19.8 Å². The van der Waals surface area contributed by atoms with Crippen molar-refractivity contribution in [3.05, 3.63) is 35.6 Å². The van der Waals surface area contributed by atoms with E-state index in [9.17, 15) is 19.8 Å². The van der Waals surface area contributed by atoms with E-state index in [1.54, 1.807) is 0 Å². The molecule has 6 atom stereocenters. The fourth-order valence-corrected chi connectivity index (χ4v) is 5.10. The fourth-order valence-electron chi connectivity index (χ4n) is 5.10. The van der Waals surface area contributed by atoms with Crippen molar-refractivity contribution in [3.63, 3.8) is 0 Å². The molecule has 0 bridgehead atoms. The van der Waals surface area contributed by atoms with Crippen LogP contribution in [0.4, 0.5) is 0 Å². The smallest absolute Gasteiger partial charge is 0.259 e. The Labute approximate surface area is 154 Å². The molecular formula is C21H29NO4. The highest BCUT2D eigenvalue weighted by molar-refractivity contribution is 6.27. The van der Waals surface area contributed by atoms with Crippen LogP contribution in [0, 0.1) is 29.1 Å². The zero-order valence-electron chi connectivity index (χ0n) is 15.7. The highest BCUT2D eigenvalue weighted by Gasteiger charge is 2.52. The zero-order valence-corrected chi connectivity index (χ0v) is 15.7.